The normalized spacial score (nSPS) is 18.4. The van der Waals surface area contributed by atoms with Crippen molar-refractivity contribution in [3.05, 3.63) is 29.3 Å². The highest BCUT2D eigenvalue weighted by molar-refractivity contribution is 6.02. The molecule has 4 nitrogen and oxygen atoms in total. The molecule has 0 saturated heterocycles. The van der Waals surface area contributed by atoms with Crippen LogP contribution in [-0.2, 0) is 16.0 Å². The minimum absolute atomic E-state index is 0.000329. The van der Waals surface area contributed by atoms with E-state index in [-0.39, 0.29) is 11.8 Å². The number of aliphatic carboxylic acids is 1. The number of carboxylic acid groups (broad SMARTS) is 1. The number of carbonyl (C=O) groups excluding carboxylic acids is 1. The van der Waals surface area contributed by atoms with Gasteiger partial charge in [0, 0.05) is 5.69 Å². The molecule has 0 saturated carbocycles. The van der Waals surface area contributed by atoms with Crippen molar-refractivity contribution in [2.75, 3.05) is 5.32 Å². The summed E-state index contributed by atoms with van der Waals surface area (Å²) in [6.45, 7) is 5.26. The smallest absolute Gasteiger partial charge is 0.309 e. The van der Waals surface area contributed by atoms with Crippen LogP contribution >= 0.6 is 0 Å². The van der Waals surface area contributed by atoms with Gasteiger partial charge in [0.15, 0.2) is 0 Å². The topological polar surface area (TPSA) is 66.4 Å². The van der Waals surface area contributed by atoms with Crippen LogP contribution in [0.4, 0.5) is 5.69 Å². The Morgan fingerprint density at radius 2 is 2.11 bits per heavy atom. The average Bonchev–Trinajstić information content (AvgIpc) is 2.55. The van der Waals surface area contributed by atoms with Crippen LogP contribution in [0.15, 0.2) is 18.2 Å². The number of hydrogen-bond acceptors (Lipinski definition) is 2. The number of amides is 1. The van der Waals surface area contributed by atoms with Gasteiger partial charge in [0.25, 0.3) is 0 Å². The number of fused-ring (bicyclic) bond motifs is 1. The summed E-state index contributed by atoms with van der Waals surface area (Å²) >= 11 is 0. The number of hydrogen-bond donors (Lipinski definition) is 2. The molecule has 1 aromatic carbocycles. The average molecular weight is 247 g/mol. The lowest BCUT2D eigenvalue weighted by Gasteiger charge is -2.19. The summed E-state index contributed by atoms with van der Waals surface area (Å²) in [7, 11) is 0. The molecule has 0 fully saturated rings. The minimum Gasteiger partial charge on any atom is -0.481 e. The van der Waals surface area contributed by atoms with E-state index in [1.165, 1.54) is 0 Å². The molecule has 1 aromatic rings. The lowest BCUT2D eigenvalue weighted by molar-refractivity contribution is -0.146. The van der Waals surface area contributed by atoms with E-state index < -0.39 is 11.4 Å². The summed E-state index contributed by atoms with van der Waals surface area (Å²) in [4.78, 5) is 22.6. The first-order valence-electron chi connectivity index (χ1n) is 5.98. The molecule has 0 bridgehead atoms. The van der Waals surface area contributed by atoms with Gasteiger partial charge in [0.05, 0.1) is 11.3 Å². The molecule has 18 heavy (non-hydrogen) atoms. The van der Waals surface area contributed by atoms with Gasteiger partial charge in [0.2, 0.25) is 5.91 Å². The van der Waals surface area contributed by atoms with E-state index in [1.807, 2.05) is 25.1 Å². The van der Waals surface area contributed by atoms with Crippen LogP contribution in [0.5, 0.6) is 0 Å². The van der Waals surface area contributed by atoms with Gasteiger partial charge in [-0.3, -0.25) is 9.59 Å². The van der Waals surface area contributed by atoms with E-state index in [4.69, 9.17) is 5.11 Å². The van der Waals surface area contributed by atoms with E-state index in [1.54, 1.807) is 13.8 Å². The van der Waals surface area contributed by atoms with E-state index in [9.17, 15) is 9.59 Å². The van der Waals surface area contributed by atoms with Crippen LogP contribution in [0, 0.1) is 5.41 Å². The molecule has 1 aliphatic heterocycles. The molecule has 0 radical (unpaired) electrons. The van der Waals surface area contributed by atoms with Crippen molar-refractivity contribution in [1.29, 1.82) is 0 Å². The maximum absolute atomic E-state index is 11.5. The Labute approximate surface area is 106 Å². The molecule has 1 aliphatic rings. The second-order valence-corrected chi connectivity index (χ2v) is 5.50. The summed E-state index contributed by atoms with van der Waals surface area (Å²) < 4.78 is 0. The molecule has 1 atom stereocenters. The van der Waals surface area contributed by atoms with Gasteiger partial charge in [0.1, 0.15) is 0 Å². The number of rotatable bonds is 3. The molecule has 0 aromatic heterocycles. The van der Waals surface area contributed by atoms with Gasteiger partial charge in [-0.1, -0.05) is 12.1 Å². The Bertz CT molecular complexity index is 520. The van der Waals surface area contributed by atoms with Crippen molar-refractivity contribution in [2.45, 2.75) is 33.1 Å². The molecule has 0 aliphatic carbocycles. The third-order valence-electron chi connectivity index (χ3n) is 3.46. The van der Waals surface area contributed by atoms with Crippen molar-refractivity contribution >= 4 is 17.6 Å². The van der Waals surface area contributed by atoms with Crippen molar-refractivity contribution in [1.82, 2.24) is 0 Å². The monoisotopic (exact) mass is 247 g/mol. The predicted octanol–water partition coefficient (Wildman–Crippen LogP) is 2.40. The Balaban J connectivity index is 2.29. The fourth-order valence-electron chi connectivity index (χ4n) is 2.16. The summed E-state index contributed by atoms with van der Waals surface area (Å²) in [6.07, 6.45) is 0.455. The first-order chi connectivity index (χ1) is 8.31. The highest BCUT2D eigenvalue weighted by Gasteiger charge is 2.30. The van der Waals surface area contributed by atoms with Gasteiger partial charge in [-0.15, -0.1) is 0 Å². The molecule has 1 unspecified atom stereocenters. The molecule has 2 N–H and O–H groups in total. The van der Waals surface area contributed by atoms with Gasteiger partial charge >= 0.3 is 5.97 Å². The summed E-state index contributed by atoms with van der Waals surface area (Å²) in [5.74, 6) is -0.974. The molecule has 1 amide bonds. The van der Waals surface area contributed by atoms with E-state index in [0.717, 1.165) is 16.8 Å². The lowest BCUT2D eigenvalue weighted by Crippen LogP contribution is -2.26. The Morgan fingerprint density at radius 3 is 2.72 bits per heavy atom. The molecule has 1 heterocycles. The largest absolute Gasteiger partial charge is 0.481 e. The summed E-state index contributed by atoms with van der Waals surface area (Å²) in [6, 6.07) is 5.66. The van der Waals surface area contributed by atoms with Crippen molar-refractivity contribution < 1.29 is 14.7 Å². The van der Waals surface area contributed by atoms with Gasteiger partial charge in [-0.25, -0.2) is 0 Å². The van der Waals surface area contributed by atoms with Crippen molar-refractivity contribution in [3.8, 4) is 0 Å². The third-order valence-corrected chi connectivity index (χ3v) is 3.46. The zero-order chi connectivity index (χ0) is 13.5. The Morgan fingerprint density at radius 1 is 1.44 bits per heavy atom. The molecular weight excluding hydrogens is 230 g/mol. The standard InChI is InChI=1S/C14H17NO3/c1-8-10-6-9(7-14(2,3)13(17)18)4-5-11(10)15-12(8)16/h4-6,8H,7H2,1-3H3,(H,15,16)(H,17,18). The molecule has 96 valence electrons. The minimum atomic E-state index is -0.815. The highest BCUT2D eigenvalue weighted by atomic mass is 16.4. The lowest BCUT2D eigenvalue weighted by atomic mass is 9.85. The summed E-state index contributed by atoms with van der Waals surface area (Å²) in [5, 5.41) is 11.9. The zero-order valence-corrected chi connectivity index (χ0v) is 10.8. The van der Waals surface area contributed by atoms with E-state index in [2.05, 4.69) is 5.32 Å². The van der Waals surface area contributed by atoms with Crippen LogP contribution in [0.1, 0.15) is 37.8 Å². The zero-order valence-electron chi connectivity index (χ0n) is 10.8. The van der Waals surface area contributed by atoms with Gasteiger partial charge in [-0.2, -0.15) is 0 Å². The third kappa shape index (κ3) is 2.10. The molecular formula is C14H17NO3. The molecule has 0 spiro atoms. The number of carboxylic acids is 1. The Kier molecular flexibility index (Phi) is 2.89. The number of carbonyl (C=O) groups is 2. The first-order valence-corrected chi connectivity index (χ1v) is 5.98. The fourth-order valence-corrected chi connectivity index (χ4v) is 2.16. The van der Waals surface area contributed by atoms with Gasteiger partial charge in [-0.05, 0) is 44.4 Å². The maximum Gasteiger partial charge on any atom is 0.309 e. The number of nitrogens with one attached hydrogen (secondary N) is 1. The highest BCUT2D eigenvalue weighted by Crippen LogP contribution is 2.34. The Hall–Kier alpha value is -1.84. The number of anilines is 1. The molecule has 4 heteroatoms. The molecule has 2 rings (SSSR count). The second kappa shape index (κ2) is 4.12. The van der Waals surface area contributed by atoms with E-state index in [0.29, 0.717) is 6.42 Å². The van der Waals surface area contributed by atoms with Crippen LogP contribution in [0.2, 0.25) is 0 Å². The van der Waals surface area contributed by atoms with Crippen LogP contribution in [0.25, 0.3) is 0 Å². The quantitative estimate of drug-likeness (QED) is 0.861. The fraction of sp³-hybridized carbons (Fsp3) is 0.429. The summed E-state index contributed by atoms with van der Waals surface area (Å²) in [5.41, 5.74) is 1.95. The van der Waals surface area contributed by atoms with Crippen LogP contribution in [0.3, 0.4) is 0 Å². The van der Waals surface area contributed by atoms with Crippen molar-refractivity contribution in [3.63, 3.8) is 0 Å². The van der Waals surface area contributed by atoms with Crippen LogP contribution in [-0.4, -0.2) is 17.0 Å². The van der Waals surface area contributed by atoms with Crippen molar-refractivity contribution in [2.24, 2.45) is 5.41 Å². The predicted molar refractivity (Wildman–Crippen MR) is 68.6 cm³/mol. The SMILES string of the molecule is CC1C(=O)Nc2ccc(CC(C)(C)C(=O)O)cc21. The van der Waals surface area contributed by atoms with Gasteiger partial charge < -0.3 is 10.4 Å². The maximum atomic E-state index is 11.5. The van der Waals surface area contributed by atoms with Crippen LogP contribution < -0.4 is 5.32 Å². The number of benzene rings is 1. The van der Waals surface area contributed by atoms with E-state index >= 15 is 0 Å². The first kappa shape index (κ1) is 12.6. The second-order valence-electron chi connectivity index (χ2n) is 5.50.